The molecule has 2 aromatic rings. The van der Waals surface area contributed by atoms with Gasteiger partial charge in [-0.2, -0.15) is 0 Å². The Morgan fingerprint density at radius 2 is 1.90 bits per heavy atom. The maximum Gasteiger partial charge on any atom is 0.316 e. The van der Waals surface area contributed by atoms with Gasteiger partial charge in [0.05, 0.1) is 17.2 Å². The Balaban J connectivity index is 2.48. The molecule has 0 amide bonds. The van der Waals surface area contributed by atoms with E-state index in [4.69, 9.17) is 16.3 Å². The molecule has 0 aliphatic heterocycles. The molecule has 0 bridgehead atoms. The Kier molecular flexibility index (Phi) is 3.85. The van der Waals surface area contributed by atoms with E-state index in [1.54, 1.807) is 13.8 Å². The van der Waals surface area contributed by atoms with Gasteiger partial charge < -0.3 is 4.74 Å². The number of halogens is 2. The minimum Gasteiger partial charge on any atom is -0.448 e. The number of nitrogens with zero attached hydrogens (tertiary/aromatic N) is 2. The highest BCUT2D eigenvalue weighted by molar-refractivity contribution is 6.29. The van der Waals surface area contributed by atoms with Gasteiger partial charge in [0.1, 0.15) is 16.7 Å². The van der Waals surface area contributed by atoms with E-state index in [1.807, 2.05) is 0 Å². The number of pyridine rings is 1. The van der Waals surface area contributed by atoms with E-state index in [1.165, 1.54) is 18.3 Å². The summed E-state index contributed by atoms with van der Waals surface area (Å²) in [7, 11) is 0. The molecule has 0 aliphatic carbocycles. The van der Waals surface area contributed by atoms with Crippen LogP contribution in [0.15, 0.2) is 24.4 Å². The Labute approximate surface area is 119 Å². The quantitative estimate of drug-likeness (QED) is 0.484. The highest BCUT2D eigenvalue weighted by atomic mass is 35.5. The Morgan fingerprint density at radius 3 is 2.45 bits per heavy atom. The van der Waals surface area contributed by atoms with Gasteiger partial charge in [0, 0.05) is 0 Å². The molecule has 0 N–H and O–H groups in total. The Morgan fingerprint density at radius 1 is 1.30 bits per heavy atom. The summed E-state index contributed by atoms with van der Waals surface area (Å²) >= 11 is 5.63. The fraction of sp³-hybridized carbons (Fsp3) is 0.154. The maximum atomic E-state index is 13.2. The van der Waals surface area contributed by atoms with Crippen molar-refractivity contribution in [2.45, 2.75) is 13.8 Å². The standard InChI is InChI=1S/C13H10ClFN2O3/c1-7-3-9(15)4-8(2)13(7)20-11-6-16-12(14)5-10(11)17(18)19/h3-6H,1-2H3. The van der Waals surface area contributed by atoms with Gasteiger partial charge in [0.15, 0.2) is 0 Å². The summed E-state index contributed by atoms with van der Waals surface area (Å²) in [4.78, 5) is 14.1. The number of aryl methyl sites for hydroxylation is 2. The van der Waals surface area contributed by atoms with E-state index in [2.05, 4.69) is 4.98 Å². The molecule has 5 nitrogen and oxygen atoms in total. The molecule has 1 aromatic carbocycles. The third-order valence-corrected chi connectivity index (χ3v) is 2.85. The fourth-order valence-electron chi connectivity index (χ4n) is 1.80. The van der Waals surface area contributed by atoms with Gasteiger partial charge in [-0.15, -0.1) is 0 Å². The normalized spacial score (nSPS) is 10.4. The minimum atomic E-state index is -0.614. The van der Waals surface area contributed by atoms with E-state index in [0.717, 1.165) is 6.07 Å². The average molecular weight is 297 g/mol. The number of ether oxygens (including phenoxy) is 1. The highest BCUT2D eigenvalue weighted by Gasteiger charge is 2.19. The van der Waals surface area contributed by atoms with Crippen LogP contribution in [0.3, 0.4) is 0 Å². The van der Waals surface area contributed by atoms with Crippen molar-refractivity contribution < 1.29 is 14.1 Å². The zero-order valence-corrected chi connectivity index (χ0v) is 11.4. The molecule has 1 aromatic heterocycles. The third kappa shape index (κ3) is 2.85. The van der Waals surface area contributed by atoms with Gasteiger partial charge in [-0.25, -0.2) is 9.37 Å². The van der Waals surface area contributed by atoms with Crippen LogP contribution in [0.25, 0.3) is 0 Å². The smallest absolute Gasteiger partial charge is 0.316 e. The molecular formula is C13H10ClFN2O3. The van der Waals surface area contributed by atoms with Crippen molar-refractivity contribution in [2.75, 3.05) is 0 Å². The van der Waals surface area contributed by atoms with Crippen molar-refractivity contribution in [3.05, 3.63) is 56.6 Å². The zero-order valence-electron chi connectivity index (χ0n) is 10.7. The number of hydrogen-bond donors (Lipinski definition) is 0. The van der Waals surface area contributed by atoms with Crippen molar-refractivity contribution >= 4 is 17.3 Å². The predicted molar refractivity (Wildman–Crippen MR) is 71.8 cm³/mol. The first-order valence-corrected chi connectivity index (χ1v) is 6.01. The lowest BCUT2D eigenvalue weighted by Gasteiger charge is -2.11. The zero-order chi connectivity index (χ0) is 14.9. The lowest BCUT2D eigenvalue weighted by Crippen LogP contribution is -1.97. The van der Waals surface area contributed by atoms with Gasteiger partial charge in [0.25, 0.3) is 0 Å². The Bertz CT molecular complexity index is 668. The van der Waals surface area contributed by atoms with E-state index in [-0.39, 0.29) is 16.6 Å². The highest BCUT2D eigenvalue weighted by Crippen LogP contribution is 2.35. The van der Waals surface area contributed by atoms with Crippen LogP contribution in [0.4, 0.5) is 10.1 Å². The first-order chi connectivity index (χ1) is 9.38. The molecule has 1 heterocycles. The van der Waals surface area contributed by atoms with Crippen LogP contribution in [0.5, 0.6) is 11.5 Å². The summed E-state index contributed by atoms with van der Waals surface area (Å²) in [5.74, 6) is -0.0769. The van der Waals surface area contributed by atoms with Gasteiger partial charge in [-0.1, -0.05) is 11.6 Å². The van der Waals surface area contributed by atoms with Crippen LogP contribution < -0.4 is 4.74 Å². The fourth-order valence-corrected chi connectivity index (χ4v) is 1.95. The number of hydrogen-bond acceptors (Lipinski definition) is 4. The minimum absolute atomic E-state index is 0.00315. The molecule has 0 saturated heterocycles. The summed E-state index contributed by atoms with van der Waals surface area (Å²) in [6.07, 6.45) is 1.17. The molecule has 2 rings (SSSR count). The second-order valence-electron chi connectivity index (χ2n) is 4.20. The van der Waals surface area contributed by atoms with E-state index >= 15 is 0 Å². The maximum absolute atomic E-state index is 13.2. The van der Waals surface area contributed by atoms with Crippen LogP contribution >= 0.6 is 11.6 Å². The van der Waals surface area contributed by atoms with Crippen LogP contribution in [0.2, 0.25) is 5.15 Å². The number of nitro groups is 1. The van der Waals surface area contributed by atoms with Crippen molar-refractivity contribution in [1.82, 2.24) is 4.98 Å². The molecule has 0 saturated carbocycles. The van der Waals surface area contributed by atoms with Crippen molar-refractivity contribution in [3.63, 3.8) is 0 Å². The molecule has 7 heteroatoms. The lowest BCUT2D eigenvalue weighted by molar-refractivity contribution is -0.385. The first kappa shape index (κ1) is 14.2. The van der Waals surface area contributed by atoms with Crippen molar-refractivity contribution in [1.29, 1.82) is 0 Å². The van der Waals surface area contributed by atoms with E-state index in [9.17, 15) is 14.5 Å². The second kappa shape index (κ2) is 5.42. The number of aromatic nitrogens is 1. The molecule has 104 valence electrons. The summed E-state index contributed by atoms with van der Waals surface area (Å²) < 4.78 is 18.7. The van der Waals surface area contributed by atoms with Crippen LogP contribution in [-0.2, 0) is 0 Å². The summed E-state index contributed by atoms with van der Waals surface area (Å²) in [6, 6.07) is 3.68. The van der Waals surface area contributed by atoms with E-state index in [0.29, 0.717) is 16.9 Å². The monoisotopic (exact) mass is 296 g/mol. The summed E-state index contributed by atoms with van der Waals surface area (Å²) in [5.41, 5.74) is 0.770. The van der Waals surface area contributed by atoms with Crippen LogP contribution in [-0.4, -0.2) is 9.91 Å². The first-order valence-electron chi connectivity index (χ1n) is 5.63. The molecule has 20 heavy (non-hydrogen) atoms. The molecule has 0 atom stereocenters. The van der Waals surface area contributed by atoms with Crippen LogP contribution in [0.1, 0.15) is 11.1 Å². The Hall–Kier alpha value is -2.21. The molecular weight excluding hydrogens is 287 g/mol. The predicted octanol–water partition coefficient (Wildman–Crippen LogP) is 4.19. The topological polar surface area (TPSA) is 65.3 Å². The SMILES string of the molecule is Cc1cc(F)cc(C)c1Oc1cnc(Cl)cc1[N+](=O)[O-]. The van der Waals surface area contributed by atoms with Gasteiger partial charge in [-0.3, -0.25) is 10.1 Å². The van der Waals surface area contributed by atoms with E-state index < -0.39 is 10.7 Å². The largest absolute Gasteiger partial charge is 0.448 e. The summed E-state index contributed by atoms with van der Waals surface area (Å²) in [6.45, 7) is 3.31. The van der Waals surface area contributed by atoms with Crippen molar-refractivity contribution in [2.24, 2.45) is 0 Å². The second-order valence-corrected chi connectivity index (χ2v) is 4.59. The average Bonchev–Trinajstić information content (AvgIpc) is 2.34. The van der Waals surface area contributed by atoms with Crippen LogP contribution in [0, 0.1) is 29.8 Å². The lowest BCUT2D eigenvalue weighted by atomic mass is 10.1. The van der Waals surface area contributed by atoms with Gasteiger partial charge >= 0.3 is 5.69 Å². The molecule has 0 unspecified atom stereocenters. The molecule has 0 spiro atoms. The molecule has 0 aliphatic rings. The molecule has 0 fully saturated rings. The third-order valence-electron chi connectivity index (χ3n) is 2.65. The summed E-state index contributed by atoms with van der Waals surface area (Å²) in [5, 5.41) is 11.0. The van der Waals surface area contributed by atoms with Gasteiger partial charge in [0.2, 0.25) is 5.75 Å². The molecule has 0 radical (unpaired) electrons. The number of benzene rings is 1. The number of rotatable bonds is 3. The van der Waals surface area contributed by atoms with Gasteiger partial charge in [-0.05, 0) is 37.1 Å². The van der Waals surface area contributed by atoms with Crippen molar-refractivity contribution in [3.8, 4) is 11.5 Å².